The van der Waals surface area contributed by atoms with E-state index < -0.39 is 0 Å². The van der Waals surface area contributed by atoms with Crippen LogP contribution < -0.4 is 10.1 Å². The Labute approximate surface area is 194 Å². The van der Waals surface area contributed by atoms with Gasteiger partial charge in [-0.15, -0.1) is 0 Å². The number of hydrogen-bond donors (Lipinski definition) is 1. The van der Waals surface area contributed by atoms with E-state index in [0.717, 1.165) is 48.0 Å². The van der Waals surface area contributed by atoms with Crippen molar-refractivity contribution in [1.82, 2.24) is 15.4 Å². The molecule has 1 saturated heterocycles. The van der Waals surface area contributed by atoms with Crippen LogP contribution in [0.2, 0.25) is 0 Å². The van der Waals surface area contributed by atoms with E-state index in [1.165, 1.54) is 12.8 Å². The quantitative estimate of drug-likeness (QED) is 0.572. The van der Waals surface area contributed by atoms with Crippen molar-refractivity contribution in [1.29, 1.82) is 0 Å². The minimum atomic E-state index is -0.252. The summed E-state index contributed by atoms with van der Waals surface area (Å²) in [6, 6.07) is 11.6. The smallest absolute Gasteiger partial charge is 0.255 e. The lowest BCUT2D eigenvalue weighted by atomic mass is 10.1. The van der Waals surface area contributed by atoms with Gasteiger partial charge in [0.05, 0.1) is 16.8 Å². The Morgan fingerprint density at radius 1 is 1.06 bits per heavy atom. The number of aryl methyl sites for hydroxylation is 2. The molecule has 0 atom stereocenters. The molecule has 2 aromatic carbocycles. The molecule has 1 aliphatic rings. The van der Waals surface area contributed by atoms with Gasteiger partial charge in [0.1, 0.15) is 18.1 Å². The molecule has 0 spiro atoms. The van der Waals surface area contributed by atoms with Gasteiger partial charge in [-0.3, -0.25) is 9.59 Å². The molecule has 7 nitrogen and oxygen atoms in total. The molecular formula is C26H31N3O4. The number of likely N-dealkylation sites (tertiary alicyclic amines) is 1. The highest BCUT2D eigenvalue weighted by molar-refractivity contribution is 6.01. The summed E-state index contributed by atoms with van der Waals surface area (Å²) in [5.74, 6) is 1.04. The van der Waals surface area contributed by atoms with E-state index in [2.05, 4.69) is 10.5 Å². The van der Waals surface area contributed by atoms with Crippen LogP contribution in [0.5, 0.6) is 5.75 Å². The molecule has 4 rings (SSSR count). The predicted molar refractivity (Wildman–Crippen MR) is 126 cm³/mol. The summed E-state index contributed by atoms with van der Waals surface area (Å²) in [7, 11) is 0. The Hall–Kier alpha value is -3.35. The lowest BCUT2D eigenvalue weighted by molar-refractivity contribution is -0.131. The van der Waals surface area contributed by atoms with Crippen molar-refractivity contribution in [2.75, 3.05) is 19.6 Å². The van der Waals surface area contributed by atoms with Crippen LogP contribution in [0, 0.1) is 13.8 Å². The van der Waals surface area contributed by atoms with Crippen molar-refractivity contribution in [2.45, 2.75) is 52.6 Å². The van der Waals surface area contributed by atoms with E-state index in [1.807, 2.05) is 55.1 Å². The fourth-order valence-electron chi connectivity index (χ4n) is 4.23. The molecule has 2 heterocycles. The third-order valence-corrected chi connectivity index (χ3v) is 6.23. The fourth-order valence-corrected chi connectivity index (χ4v) is 4.23. The molecule has 1 N–H and O–H groups in total. The lowest BCUT2D eigenvalue weighted by Crippen LogP contribution is -2.35. The Morgan fingerprint density at radius 3 is 2.42 bits per heavy atom. The number of fused-ring (bicyclic) bond motifs is 1. The second-order valence-corrected chi connectivity index (χ2v) is 8.59. The molecule has 33 heavy (non-hydrogen) atoms. The third-order valence-electron chi connectivity index (χ3n) is 6.23. The third kappa shape index (κ3) is 5.53. The van der Waals surface area contributed by atoms with Gasteiger partial charge in [-0.25, -0.2) is 0 Å². The van der Waals surface area contributed by atoms with Gasteiger partial charge >= 0.3 is 0 Å². The second kappa shape index (κ2) is 10.5. The first-order valence-electron chi connectivity index (χ1n) is 11.7. The zero-order chi connectivity index (χ0) is 23.2. The molecule has 0 saturated carbocycles. The molecule has 1 aliphatic heterocycles. The molecular weight excluding hydrogens is 418 g/mol. The van der Waals surface area contributed by atoms with Crippen LogP contribution >= 0.6 is 0 Å². The standard InChI is InChI=1S/C26H31N3O4/c1-18-23(19(2)33-28-18)17-32-24-16-21-10-6-5-9-20(21)15-22(24)26(31)27-12-11-25(30)29-13-7-3-4-8-14-29/h5-6,9-10,15-16H,3-4,7-8,11-14,17H2,1-2H3,(H,27,31). The van der Waals surface area contributed by atoms with E-state index in [0.29, 0.717) is 30.0 Å². The monoisotopic (exact) mass is 449 g/mol. The maximum Gasteiger partial charge on any atom is 0.255 e. The molecule has 2 amide bonds. The number of amides is 2. The van der Waals surface area contributed by atoms with Crippen LogP contribution in [0.25, 0.3) is 10.8 Å². The Balaban J connectivity index is 1.46. The summed E-state index contributed by atoms with van der Waals surface area (Å²) < 4.78 is 11.3. The van der Waals surface area contributed by atoms with Crippen LogP contribution in [0.4, 0.5) is 0 Å². The van der Waals surface area contributed by atoms with Crippen LogP contribution in [-0.4, -0.2) is 41.5 Å². The number of hydrogen-bond acceptors (Lipinski definition) is 5. The molecule has 3 aromatic rings. The first-order valence-corrected chi connectivity index (χ1v) is 11.7. The number of carbonyl (C=O) groups is 2. The van der Waals surface area contributed by atoms with Crippen LogP contribution in [0.1, 0.15) is 59.5 Å². The van der Waals surface area contributed by atoms with Gasteiger partial charge in [0.15, 0.2) is 0 Å². The summed E-state index contributed by atoms with van der Waals surface area (Å²) in [5.41, 5.74) is 2.09. The largest absolute Gasteiger partial charge is 0.488 e. The minimum absolute atomic E-state index is 0.102. The summed E-state index contributed by atoms with van der Waals surface area (Å²) in [4.78, 5) is 27.5. The summed E-state index contributed by atoms with van der Waals surface area (Å²) in [6.07, 6.45) is 4.77. The van der Waals surface area contributed by atoms with E-state index >= 15 is 0 Å². The highest BCUT2D eigenvalue weighted by Crippen LogP contribution is 2.28. The normalized spacial score (nSPS) is 14.2. The fraction of sp³-hybridized carbons (Fsp3) is 0.423. The van der Waals surface area contributed by atoms with Gasteiger partial charge < -0.3 is 19.5 Å². The summed E-state index contributed by atoms with van der Waals surface area (Å²) >= 11 is 0. The first-order chi connectivity index (χ1) is 16.0. The van der Waals surface area contributed by atoms with E-state index in [-0.39, 0.29) is 18.4 Å². The number of aromatic nitrogens is 1. The van der Waals surface area contributed by atoms with E-state index in [4.69, 9.17) is 9.26 Å². The lowest BCUT2D eigenvalue weighted by Gasteiger charge is -2.20. The average Bonchev–Trinajstić information content (AvgIpc) is 3.00. The zero-order valence-corrected chi connectivity index (χ0v) is 19.4. The second-order valence-electron chi connectivity index (χ2n) is 8.59. The van der Waals surface area contributed by atoms with Gasteiger partial charge in [0, 0.05) is 26.1 Å². The van der Waals surface area contributed by atoms with Gasteiger partial charge in [-0.2, -0.15) is 0 Å². The number of ether oxygens (including phenoxy) is 1. The first kappa shape index (κ1) is 22.8. The number of nitrogens with zero attached hydrogens (tertiary/aromatic N) is 2. The molecule has 0 bridgehead atoms. The number of nitrogens with one attached hydrogen (secondary N) is 1. The molecule has 0 aliphatic carbocycles. The van der Waals surface area contributed by atoms with Crippen LogP contribution in [0.3, 0.4) is 0 Å². The van der Waals surface area contributed by atoms with Gasteiger partial charge in [-0.05, 0) is 49.6 Å². The van der Waals surface area contributed by atoms with E-state index in [9.17, 15) is 9.59 Å². The Bertz CT molecular complexity index is 1110. The SMILES string of the molecule is Cc1noc(C)c1COc1cc2ccccc2cc1C(=O)NCCC(=O)N1CCCCCC1. The number of rotatable bonds is 7. The van der Waals surface area contributed by atoms with Crippen molar-refractivity contribution in [3.05, 3.63) is 59.0 Å². The highest BCUT2D eigenvalue weighted by Gasteiger charge is 2.18. The van der Waals surface area contributed by atoms with Crippen molar-refractivity contribution < 1.29 is 18.8 Å². The Kier molecular flexibility index (Phi) is 7.27. The Morgan fingerprint density at radius 2 is 1.76 bits per heavy atom. The maximum atomic E-state index is 13.1. The van der Waals surface area contributed by atoms with Crippen molar-refractivity contribution >= 4 is 22.6 Å². The molecule has 0 radical (unpaired) electrons. The predicted octanol–water partition coefficient (Wildman–Crippen LogP) is 4.55. The number of carbonyl (C=O) groups excluding carboxylic acids is 2. The minimum Gasteiger partial charge on any atom is -0.488 e. The molecule has 174 valence electrons. The maximum absolute atomic E-state index is 13.1. The van der Waals surface area contributed by atoms with Crippen LogP contribution in [-0.2, 0) is 11.4 Å². The molecule has 1 aromatic heterocycles. The van der Waals surface area contributed by atoms with Crippen molar-refractivity contribution in [3.8, 4) is 5.75 Å². The topological polar surface area (TPSA) is 84.7 Å². The zero-order valence-electron chi connectivity index (χ0n) is 19.4. The van der Waals surface area contributed by atoms with Crippen molar-refractivity contribution in [3.63, 3.8) is 0 Å². The molecule has 7 heteroatoms. The summed E-state index contributed by atoms with van der Waals surface area (Å²) in [6.45, 7) is 5.89. The van der Waals surface area contributed by atoms with Crippen LogP contribution in [0.15, 0.2) is 40.9 Å². The molecule has 0 unspecified atom stereocenters. The van der Waals surface area contributed by atoms with Crippen molar-refractivity contribution in [2.24, 2.45) is 0 Å². The van der Waals surface area contributed by atoms with E-state index in [1.54, 1.807) is 0 Å². The van der Waals surface area contributed by atoms with Gasteiger partial charge in [0.25, 0.3) is 5.91 Å². The summed E-state index contributed by atoms with van der Waals surface area (Å²) in [5, 5.41) is 8.81. The highest BCUT2D eigenvalue weighted by atomic mass is 16.5. The number of benzene rings is 2. The van der Waals surface area contributed by atoms with Gasteiger partial charge in [-0.1, -0.05) is 42.3 Å². The molecule has 1 fully saturated rings. The average molecular weight is 450 g/mol. The van der Waals surface area contributed by atoms with Gasteiger partial charge in [0.2, 0.25) is 5.91 Å².